The fourth-order valence-electron chi connectivity index (χ4n) is 1.42. The second kappa shape index (κ2) is 5.42. The van der Waals surface area contributed by atoms with E-state index in [0.717, 1.165) is 9.35 Å². The summed E-state index contributed by atoms with van der Waals surface area (Å²) < 4.78 is 0.955. The Morgan fingerprint density at radius 1 is 1.59 bits per heavy atom. The van der Waals surface area contributed by atoms with Gasteiger partial charge in [-0.05, 0) is 40.5 Å². The van der Waals surface area contributed by atoms with E-state index >= 15 is 0 Å². The molecular weight excluding hydrogens is 300 g/mol. The highest BCUT2D eigenvalue weighted by atomic mass is 79.9. The number of nitrogens with zero attached hydrogens (tertiary/aromatic N) is 1. The molecule has 0 aliphatic heterocycles. The van der Waals surface area contributed by atoms with E-state index in [-0.39, 0.29) is 11.9 Å². The molecule has 1 atom stereocenters. The van der Waals surface area contributed by atoms with Crippen LogP contribution in [0.5, 0.6) is 0 Å². The van der Waals surface area contributed by atoms with Gasteiger partial charge in [0.05, 0.1) is 15.4 Å². The number of nitrogens with one attached hydrogen (secondary N) is 1. The molecule has 0 spiro atoms. The minimum atomic E-state index is -0.0664. The molecule has 0 aliphatic rings. The molecule has 17 heavy (non-hydrogen) atoms. The lowest BCUT2D eigenvalue weighted by Gasteiger charge is -2.12. The van der Waals surface area contributed by atoms with Crippen molar-refractivity contribution in [1.82, 2.24) is 10.3 Å². The summed E-state index contributed by atoms with van der Waals surface area (Å²) >= 11 is 4.84. The lowest BCUT2D eigenvalue weighted by molar-refractivity contribution is 0.0940. The third-order valence-electron chi connectivity index (χ3n) is 2.36. The molecule has 0 saturated carbocycles. The van der Waals surface area contributed by atoms with Crippen LogP contribution in [0.25, 0.3) is 0 Å². The number of carbonyl (C=O) groups excluding carboxylic acids is 1. The SMILES string of the molecule is CC(NC(=O)c1csc(Br)c1)c1cccnc1. The van der Waals surface area contributed by atoms with E-state index in [1.54, 1.807) is 12.4 Å². The molecule has 0 aromatic carbocycles. The standard InChI is InChI=1S/C12H11BrN2OS/c1-8(9-3-2-4-14-6-9)15-12(16)10-5-11(13)17-7-10/h2-8H,1H3,(H,15,16). The van der Waals surface area contributed by atoms with Crippen molar-refractivity contribution in [2.24, 2.45) is 0 Å². The maximum Gasteiger partial charge on any atom is 0.252 e. The van der Waals surface area contributed by atoms with Gasteiger partial charge < -0.3 is 5.32 Å². The average molecular weight is 311 g/mol. The summed E-state index contributed by atoms with van der Waals surface area (Å²) in [6.07, 6.45) is 3.47. The second-order valence-corrected chi connectivity index (χ2v) is 5.91. The van der Waals surface area contributed by atoms with Gasteiger partial charge in [-0.25, -0.2) is 0 Å². The summed E-state index contributed by atoms with van der Waals surface area (Å²) in [5.41, 5.74) is 1.67. The Balaban J connectivity index is 2.04. The molecule has 0 bridgehead atoms. The first-order chi connectivity index (χ1) is 8.16. The van der Waals surface area contributed by atoms with E-state index < -0.39 is 0 Å². The Bertz CT molecular complexity index is 512. The van der Waals surface area contributed by atoms with Gasteiger partial charge in [0.2, 0.25) is 0 Å². The highest BCUT2D eigenvalue weighted by Gasteiger charge is 2.12. The zero-order valence-corrected chi connectivity index (χ0v) is 11.6. The third-order valence-corrected chi connectivity index (χ3v) is 3.87. The molecule has 3 nitrogen and oxygen atoms in total. The van der Waals surface area contributed by atoms with Crippen molar-refractivity contribution < 1.29 is 4.79 Å². The number of amides is 1. The summed E-state index contributed by atoms with van der Waals surface area (Å²) in [6.45, 7) is 1.94. The Morgan fingerprint density at radius 3 is 3.00 bits per heavy atom. The van der Waals surface area contributed by atoms with Gasteiger partial charge >= 0.3 is 0 Å². The van der Waals surface area contributed by atoms with Crippen LogP contribution in [0.4, 0.5) is 0 Å². The zero-order valence-electron chi connectivity index (χ0n) is 9.18. The molecule has 1 unspecified atom stereocenters. The number of halogens is 1. The summed E-state index contributed by atoms with van der Waals surface area (Å²) in [5, 5.41) is 4.76. The van der Waals surface area contributed by atoms with E-state index in [9.17, 15) is 4.79 Å². The average Bonchev–Trinajstić information content (AvgIpc) is 2.77. The number of hydrogen-bond donors (Lipinski definition) is 1. The van der Waals surface area contributed by atoms with Gasteiger partial charge in [-0.2, -0.15) is 0 Å². The van der Waals surface area contributed by atoms with Crippen LogP contribution < -0.4 is 5.32 Å². The van der Waals surface area contributed by atoms with E-state index in [1.165, 1.54) is 11.3 Å². The topological polar surface area (TPSA) is 42.0 Å². The van der Waals surface area contributed by atoms with Crippen LogP contribution in [0, 0.1) is 0 Å². The van der Waals surface area contributed by atoms with Crippen LogP contribution in [-0.4, -0.2) is 10.9 Å². The highest BCUT2D eigenvalue weighted by molar-refractivity contribution is 9.11. The van der Waals surface area contributed by atoms with Crippen molar-refractivity contribution in [2.45, 2.75) is 13.0 Å². The van der Waals surface area contributed by atoms with Crippen molar-refractivity contribution in [3.05, 3.63) is 50.9 Å². The smallest absolute Gasteiger partial charge is 0.252 e. The van der Waals surface area contributed by atoms with Crippen LogP contribution in [0.15, 0.2) is 39.8 Å². The monoisotopic (exact) mass is 310 g/mol. The zero-order chi connectivity index (χ0) is 12.3. The van der Waals surface area contributed by atoms with Crippen molar-refractivity contribution in [3.63, 3.8) is 0 Å². The number of carbonyl (C=O) groups is 1. The van der Waals surface area contributed by atoms with Gasteiger partial charge in [0, 0.05) is 17.8 Å². The first-order valence-corrected chi connectivity index (χ1v) is 6.79. The minimum Gasteiger partial charge on any atom is -0.345 e. The number of hydrogen-bond acceptors (Lipinski definition) is 3. The second-order valence-electron chi connectivity index (χ2n) is 3.62. The summed E-state index contributed by atoms with van der Waals surface area (Å²) in [7, 11) is 0. The van der Waals surface area contributed by atoms with E-state index in [1.807, 2.05) is 30.5 Å². The van der Waals surface area contributed by atoms with Crippen molar-refractivity contribution in [2.75, 3.05) is 0 Å². The van der Waals surface area contributed by atoms with Gasteiger partial charge in [-0.15, -0.1) is 11.3 Å². The first kappa shape index (κ1) is 12.3. The van der Waals surface area contributed by atoms with Gasteiger partial charge in [0.15, 0.2) is 0 Å². The Labute approximate surface area is 112 Å². The third kappa shape index (κ3) is 3.14. The van der Waals surface area contributed by atoms with Crippen molar-refractivity contribution in [3.8, 4) is 0 Å². The van der Waals surface area contributed by atoms with Crippen LogP contribution in [0.3, 0.4) is 0 Å². The van der Waals surface area contributed by atoms with Crippen LogP contribution >= 0.6 is 27.3 Å². The highest BCUT2D eigenvalue weighted by Crippen LogP contribution is 2.21. The Hall–Kier alpha value is -1.20. The first-order valence-electron chi connectivity index (χ1n) is 5.11. The van der Waals surface area contributed by atoms with Gasteiger partial charge in [0.25, 0.3) is 5.91 Å². The van der Waals surface area contributed by atoms with Gasteiger partial charge in [0.1, 0.15) is 0 Å². The van der Waals surface area contributed by atoms with E-state index in [4.69, 9.17) is 0 Å². The predicted octanol–water partition coefficient (Wildman–Crippen LogP) is 3.40. The molecule has 0 fully saturated rings. The summed E-state index contributed by atoms with van der Waals surface area (Å²) in [5.74, 6) is -0.0664. The van der Waals surface area contributed by atoms with E-state index in [2.05, 4.69) is 26.2 Å². The van der Waals surface area contributed by atoms with Crippen molar-refractivity contribution >= 4 is 33.2 Å². The molecule has 2 aromatic rings. The van der Waals surface area contributed by atoms with Crippen molar-refractivity contribution in [1.29, 1.82) is 0 Å². The van der Waals surface area contributed by atoms with Crippen LogP contribution in [0.2, 0.25) is 0 Å². The molecule has 0 saturated heterocycles. The fraction of sp³-hybridized carbons (Fsp3) is 0.167. The van der Waals surface area contributed by atoms with Crippen LogP contribution in [-0.2, 0) is 0 Å². The molecule has 0 radical (unpaired) electrons. The molecule has 2 heterocycles. The minimum absolute atomic E-state index is 0.0464. The molecule has 2 aromatic heterocycles. The number of aromatic nitrogens is 1. The van der Waals surface area contributed by atoms with Gasteiger partial charge in [-0.3, -0.25) is 9.78 Å². The summed E-state index contributed by atoms with van der Waals surface area (Å²) in [6, 6.07) is 5.58. The molecule has 2 rings (SSSR count). The Morgan fingerprint density at radius 2 is 2.41 bits per heavy atom. The molecule has 1 N–H and O–H groups in total. The fourth-order valence-corrected chi connectivity index (χ4v) is 2.56. The lowest BCUT2D eigenvalue weighted by atomic mass is 10.1. The quantitative estimate of drug-likeness (QED) is 0.944. The maximum atomic E-state index is 11.9. The Kier molecular flexibility index (Phi) is 3.91. The molecule has 1 amide bonds. The van der Waals surface area contributed by atoms with Crippen LogP contribution in [0.1, 0.15) is 28.9 Å². The summed E-state index contributed by atoms with van der Waals surface area (Å²) in [4.78, 5) is 15.9. The lowest BCUT2D eigenvalue weighted by Crippen LogP contribution is -2.26. The van der Waals surface area contributed by atoms with Gasteiger partial charge in [-0.1, -0.05) is 6.07 Å². The molecule has 5 heteroatoms. The molecular formula is C12H11BrN2OS. The number of rotatable bonds is 3. The maximum absolute atomic E-state index is 11.9. The normalized spacial score (nSPS) is 12.1. The van der Waals surface area contributed by atoms with E-state index in [0.29, 0.717) is 5.56 Å². The molecule has 88 valence electrons. The number of thiophene rings is 1. The number of pyridine rings is 1. The largest absolute Gasteiger partial charge is 0.345 e. The predicted molar refractivity (Wildman–Crippen MR) is 72.1 cm³/mol. The molecule has 0 aliphatic carbocycles.